The number of hydrogen-bond donors (Lipinski definition) is 2. The molecular weight excluding hydrogens is 611 g/mol. The fourth-order valence-corrected chi connectivity index (χ4v) is 6.58. The van der Waals surface area contributed by atoms with Crippen molar-refractivity contribution in [3.05, 3.63) is 34.5 Å². The summed E-state index contributed by atoms with van der Waals surface area (Å²) in [5, 5.41) is 12.6. The minimum Gasteiger partial charge on any atom is -0.431 e. The Morgan fingerprint density at radius 1 is 1.29 bits per heavy atom. The number of imidazole rings is 1. The van der Waals surface area contributed by atoms with Crippen molar-refractivity contribution in [2.24, 2.45) is 5.41 Å². The van der Waals surface area contributed by atoms with Crippen LogP contribution < -0.4 is 10.1 Å². The predicted octanol–water partition coefficient (Wildman–Crippen LogP) is 5.05. The average molecular weight is 645 g/mol. The summed E-state index contributed by atoms with van der Waals surface area (Å²) in [7, 11) is -3.25. The molecule has 0 atom stereocenters. The van der Waals surface area contributed by atoms with Crippen LogP contribution in [0.25, 0.3) is 5.82 Å². The third-order valence-electron chi connectivity index (χ3n) is 7.15. The van der Waals surface area contributed by atoms with Crippen LogP contribution in [0.1, 0.15) is 74.8 Å². The number of alkyl halides is 5. The Morgan fingerprint density at radius 3 is 2.43 bits per heavy atom. The van der Waals surface area contributed by atoms with E-state index in [1.54, 1.807) is 6.92 Å². The number of nitrogens with zero attached hydrogens (tertiary/aromatic N) is 3. The van der Waals surface area contributed by atoms with Gasteiger partial charge in [0.15, 0.2) is 17.3 Å². The second kappa shape index (κ2) is 12.6. The first kappa shape index (κ1) is 34.0. The maximum Gasteiger partial charge on any atom is 0.389 e. The molecule has 2 heterocycles. The van der Waals surface area contributed by atoms with Crippen molar-refractivity contribution >= 4 is 27.3 Å². The number of ether oxygens (including phenoxy) is 1. The van der Waals surface area contributed by atoms with E-state index >= 15 is 0 Å². The molecule has 0 spiro atoms. The van der Waals surface area contributed by atoms with Crippen LogP contribution in [0.5, 0.6) is 5.75 Å². The zero-order valence-electron chi connectivity index (χ0n) is 23.6. The predicted molar refractivity (Wildman–Crippen MR) is 145 cm³/mol. The lowest BCUT2D eigenvalue weighted by atomic mass is 9.83. The first-order chi connectivity index (χ1) is 19.2. The maximum absolute atomic E-state index is 13.3. The van der Waals surface area contributed by atoms with Gasteiger partial charge in [0, 0.05) is 31.8 Å². The van der Waals surface area contributed by atoms with Crippen molar-refractivity contribution < 1.29 is 45.0 Å². The van der Waals surface area contributed by atoms with Gasteiger partial charge >= 0.3 is 12.8 Å². The van der Waals surface area contributed by atoms with Gasteiger partial charge in [-0.05, 0) is 49.1 Å². The Hall–Kier alpha value is -2.52. The van der Waals surface area contributed by atoms with Gasteiger partial charge in [-0.3, -0.25) is 9.36 Å². The first-order valence-electron chi connectivity index (χ1n) is 13.2. The minimum atomic E-state index is -4.43. The van der Waals surface area contributed by atoms with E-state index < -0.39 is 57.0 Å². The summed E-state index contributed by atoms with van der Waals surface area (Å²) in [6.07, 6.45) is -2.35. The molecule has 2 N–H and O–H groups in total. The summed E-state index contributed by atoms with van der Waals surface area (Å²) >= 11 is 6.49. The molecule has 2 aromatic heterocycles. The quantitative estimate of drug-likeness (QED) is 0.328. The van der Waals surface area contributed by atoms with Crippen LogP contribution in [0.15, 0.2) is 12.3 Å². The molecule has 1 aliphatic carbocycles. The van der Waals surface area contributed by atoms with E-state index in [9.17, 15) is 40.3 Å². The van der Waals surface area contributed by atoms with Crippen molar-refractivity contribution in [1.29, 1.82) is 0 Å². The summed E-state index contributed by atoms with van der Waals surface area (Å²) < 4.78 is 95.1. The van der Waals surface area contributed by atoms with Gasteiger partial charge in [-0.1, -0.05) is 32.4 Å². The molecule has 236 valence electrons. The molecule has 9 nitrogen and oxygen atoms in total. The van der Waals surface area contributed by atoms with Gasteiger partial charge in [0.2, 0.25) is 0 Å². The zero-order chi connectivity index (χ0) is 31.7. The molecule has 0 aliphatic heterocycles. The number of carbonyl (C=O) groups is 1. The van der Waals surface area contributed by atoms with Crippen molar-refractivity contribution in [2.45, 2.75) is 89.4 Å². The van der Waals surface area contributed by atoms with Gasteiger partial charge in [-0.2, -0.15) is 22.0 Å². The van der Waals surface area contributed by atoms with Crippen molar-refractivity contribution in [3.8, 4) is 11.6 Å². The Labute approximate surface area is 245 Å². The van der Waals surface area contributed by atoms with E-state index in [1.807, 2.05) is 0 Å². The SMILES string of the molecule is CCc1nc(C(=O)NCC2(O)CCC(S(C)(=O)=O)CC2)c(Cl)n1-c1ncc(CC(C)(C)CC(F)(F)F)cc1OC(F)F. The number of aliphatic hydroxyl groups is 1. The molecule has 0 aromatic carbocycles. The summed E-state index contributed by atoms with van der Waals surface area (Å²) in [5.41, 5.74) is -2.66. The molecule has 1 fully saturated rings. The maximum atomic E-state index is 13.3. The van der Waals surface area contributed by atoms with Crippen LogP contribution in [-0.2, 0) is 22.7 Å². The van der Waals surface area contributed by atoms with Gasteiger partial charge in [-0.25, -0.2) is 18.4 Å². The van der Waals surface area contributed by atoms with Gasteiger partial charge in [0.25, 0.3) is 5.91 Å². The number of pyridine rings is 1. The lowest BCUT2D eigenvalue weighted by molar-refractivity contribution is -0.154. The second-order valence-electron chi connectivity index (χ2n) is 11.5. The topological polar surface area (TPSA) is 123 Å². The Balaban J connectivity index is 1.87. The zero-order valence-corrected chi connectivity index (χ0v) is 25.1. The summed E-state index contributed by atoms with van der Waals surface area (Å²) in [6.45, 7) is 0.956. The van der Waals surface area contributed by atoms with Gasteiger partial charge in [-0.15, -0.1) is 0 Å². The monoisotopic (exact) mass is 644 g/mol. The van der Waals surface area contributed by atoms with E-state index in [0.717, 1.165) is 16.9 Å². The van der Waals surface area contributed by atoms with E-state index in [4.69, 9.17) is 11.6 Å². The molecule has 3 rings (SSSR count). The summed E-state index contributed by atoms with van der Waals surface area (Å²) in [5.74, 6) is -1.31. The number of hydrogen-bond acceptors (Lipinski definition) is 7. The number of aryl methyl sites for hydroxylation is 1. The van der Waals surface area contributed by atoms with Crippen LogP contribution >= 0.6 is 11.6 Å². The molecule has 2 aromatic rings. The van der Waals surface area contributed by atoms with E-state index in [0.29, 0.717) is 0 Å². The standard InChI is InChI=1S/C26H34ClF5N4O5S/c1-5-18-35-19(22(37)34-14-25(38)8-6-16(7-9-25)42(4,39)40)20(27)36(18)21-17(41-23(28)29)10-15(12-33-21)11-24(2,3)13-26(30,31)32/h10,12,16,23,38H,5-9,11,13-14H2,1-4H3,(H,34,37). The highest BCUT2D eigenvalue weighted by atomic mass is 35.5. The van der Waals surface area contributed by atoms with Crippen LogP contribution in [0.4, 0.5) is 22.0 Å². The van der Waals surface area contributed by atoms with Crippen LogP contribution in [0.2, 0.25) is 5.15 Å². The Kier molecular flexibility index (Phi) is 10.2. The molecule has 16 heteroatoms. The highest BCUT2D eigenvalue weighted by Crippen LogP contribution is 2.37. The van der Waals surface area contributed by atoms with Crippen molar-refractivity contribution in [3.63, 3.8) is 0 Å². The van der Waals surface area contributed by atoms with Crippen LogP contribution in [0, 0.1) is 5.41 Å². The lowest BCUT2D eigenvalue weighted by Gasteiger charge is -2.35. The summed E-state index contributed by atoms with van der Waals surface area (Å²) in [6, 6.07) is 1.16. The largest absolute Gasteiger partial charge is 0.431 e. The minimum absolute atomic E-state index is 0.140. The number of sulfone groups is 1. The molecule has 0 bridgehead atoms. The summed E-state index contributed by atoms with van der Waals surface area (Å²) in [4.78, 5) is 21.4. The molecule has 0 saturated heterocycles. The van der Waals surface area contributed by atoms with Crippen molar-refractivity contribution in [1.82, 2.24) is 19.9 Å². The molecule has 1 saturated carbocycles. The van der Waals surface area contributed by atoms with Crippen LogP contribution in [0.3, 0.4) is 0 Å². The highest BCUT2D eigenvalue weighted by molar-refractivity contribution is 7.91. The fraction of sp³-hybridized carbons (Fsp3) is 0.654. The number of aromatic nitrogens is 3. The molecule has 0 unspecified atom stereocenters. The number of amides is 1. The first-order valence-corrected chi connectivity index (χ1v) is 15.5. The van der Waals surface area contributed by atoms with E-state index in [-0.39, 0.29) is 73.1 Å². The Bertz CT molecular complexity index is 1390. The third-order valence-corrected chi connectivity index (χ3v) is 9.18. The normalized spacial score (nSPS) is 20.1. The fourth-order valence-electron chi connectivity index (χ4n) is 5.19. The molecular formula is C26H34ClF5N4O5S. The van der Waals surface area contributed by atoms with E-state index in [2.05, 4.69) is 20.0 Å². The van der Waals surface area contributed by atoms with Gasteiger partial charge in [0.05, 0.1) is 10.9 Å². The molecule has 1 amide bonds. The third kappa shape index (κ3) is 8.75. The molecule has 42 heavy (non-hydrogen) atoms. The van der Waals surface area contributed by atoms with E-state index in [1.165, 1.54) is 20.0 Å². The number of rotatable bonds is 11. The van der Waals surface area contributed by atoms with Gasteiger partial charge in [0.1, 0.15) is 20.8 Å². The average Bonchev–Trinajstić information content (AvgIpc) is 3.16. The number of nitrogens with one attached hydrogen (secondary N) is 1. The molecule has 1 aliphatic rings. The molecule has 0 radical (unpaired) electrons. The van der Waals surface area contributed by atoms with Crippen LogP contribution in [-0.4, -0.2) is 70.4 Å². The highest BCUT2D eigenvalue weighted by Gasteiger charge is 2.38. The Morgan fingerprint density at radius 2 is 1.90 bits per heavy atom. The second-order valence-corrected chi connectivity index (χ2v) is 14.2. The lowest BCUT2D eigenvalue weighted by Crippen LogP contribution is -2.47. The number of carbonyl (C=O) groups excluding carboxylic acids is 1. The smallest absolute Gasteiger partial charge is 0.389 e. The van der Waals surface area contributed by atoms with Gasteiger partial charge < -0.3 is 15.2 Å². The number of halogens is 6. The van der Waals surface area contributed by atoms with Crippen molar-refractivity contribution in [2.75, 3.05) is 12.8 Å².